The van der Waals surface area contributed by atoms with Crippen LogP contribution < -0.4 is 0 Å². The second-order valence-corrected chi connectivity index (χ2v) is 3.85. The van der Waals surface area contributed by atoms with Gasteiger partial charge in [-0.2, -0.15) is 0 Å². The Hall–Kier alpha value is -1.97. The lowest BCUT2D eigenvalue weighted by Crippen LogP contribution is -2.07. The highest BCUT2D eigenvalue weighted by molar-refractivity contribution is 6.04. The molecule has 1 aromatic carbocycles. The maximum absolute atomic E-state index is 13.6. The van der Waals surface area contributed by atoms with Crippen molar-refractivity contribution in [3.8, 4) is 0 Å². The van der Waals surface area contributed by atoms with Gasteiger partial charge in [-0.25, -0.2) is 14.2 Å². The van der Waals surface area contributed by atoms with E-state index in [2.05, 4.69) is 4.98 Å². The van der Waals surface area contributed by atoms with E-state index in [1.165, 1.54) is 12.1 Å². The molecule has 0 fully saturated rings. The molecule has 3 nitrogen and oxygen atoms in total. The Balaban J connectivity index is 2.98. The van der Waals surface area contributed by atoms with Gasteiger partial charge in [0.15, 0.2) is 0 Å². The Labute approximate surface area is 97.9 Å². The number of pyridine rings is 1. The van der Waals surface area contributed by atoms with Crippen LogP contribution in [-0.4, -0.2) is 16.1 Å². The highest BCUT2D eigenvalue weighted by Gasteiger charge is 2.18. The maximum Gasteiger partial charge on any atom is 0.336 e. The number of para-hydroxylation sites is 1. The molecule has 0 aliphatic heterocycles. The predicted octanol–water partition coefficient (Wildman–Crippen LogP) is 2.94. The minimum Gasteiger partial charge on any atom is -0.478 e. The van der Waals surface area contributed by atoms with Crippen LogP contribution in [0.5, 0.6) is 0 Å². The first-order valence-electron chi connectivity index (χ1n) is 5.37. The maximum atomic E-state index is 13.6. The van der Waals surface area contributed by atoms with Gasteiger partial charge in [-0.15, -0.1) is 0 Å². The van der Waals surface area contributed by atoms with Crippen molar-refractivity contribution >= 4 is 16.9 Å². The van der Waals surface area contributed by atoms with Crippen LogP contribution in [0.25, 0.3) is 10.9 Å². The number of hydrogen-bond acceptors (Lipinski definition) is 2. The average Bonchev–Trinajstić information content (AvgIpc) is 2.28. The monoisotopic (exact) mass is 233 g/mol. The summed E-state index contributed by atoms with van der Waals surface area (Å²) in [5.41, 5.74) is 1.52. The predicted molar refractivity (Wildman–Crippen MR) is 62.8 cm³/mol. The van der Waals surface area contributed by atoms with Crippen molar-refractivity contribution < 1.29 is 14.3 Å². The van der Waals surface area contributed by atoms with Gasteiger partial charge >= 0.3 is 5.97 Å². The number of aryl methyl sites for hydroxylation is 1. The number of aromatic carboxylic acids is 1. The van der Waals surface area contributed by atoms with E-state index in [1.807, 2.05) is 6.92 Å². The quantitative estimate of drug-likeness (QED) is 0.867. The molecule has 17 heavy (non-hydrogen) atoms. The number of aromatic nitrogens is 1. The number of carbonyl (C=O) groups is 1. The molecule has 2 aromatic rings. The smallest absolute Gasteiger partial charge is 0.336 e. The standard InChI is InChI=1S/C13H12FNO2/c1-3-8-7(2)15-12-9(11(8)13(16)17)5-4-6-10(12)14/h4-6H,3H2,1-2H3,(H,16,17). The van der Waals surface area contributed by atoms with Gasteiger partial charge in [0, 0.05) is 11.1 Å². The van der Waals surface area contributed by atoms with E-state index in [4.69, 9.17) is 0 Å². The summed E-state index contributed by atoms with van der Waals surface area (Å²) in [5, 5.41) is 9.62. The van der Waals surface area contributed by atoms with Crippen molar-refractivity contribution in [2.45, 2.75) is 20.3 Å². The zero-order chi connectivity index (χ0) is 12.6. The molecule has 0 amide bonds. The number of fused-ring (bicyclic) bond motifs is 1. The zero-order valence-corrected chi connectivity index (χ0v) is 9.62. The molecule has 0 aliphatic carbocycles. The third kappa shape index (κ3) is 1.75. The van der Waals surface area contributed by atoms with Gasteiger partial charge in [0.2, 0.25) is 0 Å². The van der Waals surface area contributed by atoms with Crippen LogP contribution in [0.15, 0.2) is 18.2 Å². The lowest BCUT2D eigenvalue weighted by molar-refractivity contribution is 0.0697. The Bertz CT molecular complexity index is 608. The molecule has 4 heteroatoms. The summed E-state index contributed by atoms with van der Waals surface area (Å²) in [6.07, 6.45) is 0.562. The summed E-state index contributed by atoms with van der Waals surface area (Å²) >= 11 is 0. The van der Waals surface area contributed by atoms with Crippen molar-refractivity contribution in [2.75, 3.05) is 0 Å². The minimum atomic E-state index is -1.04. The third-order valence-corrected chi connectivity index (χ3v) is 2.84. The molecule has 0 atom stereocenters. The zero-order valence-electron chi connectivity index (χ0n) is 9.62. The molecule has 2 rings (SSSR count). The highest BCUT2D eigenvalue weighted by Crippen LogP contribution is 2.25. The molecular formula is C13H12FNO2. The van der Waals surface area contributed by atoms with Crippen LogP contribution in [-0.2, 0) is 6.42 Å². The van der Waals surface area contributed by atoms with E-state index < -0.39 is 11.8 Å². The molecule has 88 valence electrons. The summed E-state index contributed by atoms with van der Waals surface area (Å²) in [7, 11) is 0. The fourth-order valence-electron chi connectivity index (χ4n) is 2.09. The van der Waals surface area contributed by atoms with E-state index in [1.54, 1.807) is 13.0 Å². The van der Waals surface area contributed by atoms with Gasteiger partial charge in [-0.05, 0) is 25.0 Å². The number of rotatable bonds is 2. The second kappa shape index (κ2) is 4.13. The van der Waals surface area contributed by atoms with Gasteiger partial charge in [0.25, 0.3) is 0 Å². The van der Waals surface area contributed by atoms with Crippen LogP contribution in [0.2, 0.25) is 0 Å². The SMILES string of the molecule is CCc1c(C)nc2c(F)cccc2c1C(=O)O. The molecular weight excluding hydrogens is 221 g/mol. The largest absolute Gasteiger partial charge is 0.478 e. The first-order chi connectivity index (χ1) is 8.06. The van der Waals surface area contributed by atoms with Crippen LogP contribution in [0.4, 0.5) is 4.39 Å². The molecule has 1 N–H and O–H groups in total. The van der Waals surface area contributed by atoms with E-state index in [0.29, 0.717) is 23.1 Å². The third-order valence-electron chi connectivity index (χ3n) is 2.84. The molecule has 0 unspecified atom stereocenters. The van der Waals surface area contributed by atoms with Crippen LogP contribution >= 0.6 is 0 Å². The summed E-state index contributed by atoms with van der Waals surface area (Å²) < 4.78 is 13.6. The first-order valence-corrected chi connectivity index (χ1v) is 5.37. The number of benzene rings is 1. The number of carboxylic acids is 1. The molecule has 0 saturated carbocycles. The van der Waals surface area contributed by atoms with Crippen molar-refractivity contribution in [3.63, 3.8) is 0 Å². The number of halogens is 1. The molecule has 0 bridgehead atoms. The lowest BCUT2D eigenvalue weighted by atomic mass is 9.99. The van der Waals surface area contributed by atoms with Gasteiger partial charge in [0.1, 0.15) is 11.3 Å². The Morgan fingerprint density at radius 1 is 1.47 bits per heavy atom. The molecule has 0 spiro atoms. The number of nitrogens with zero attached hydrogens (tertiary/aromatic N) is 1. The fourth-order valence-corrected chi connectivity index (χ4v) is 2.09. The summed E-state index contributed by atoms with van der Waals surface area (Å²) in [5.74, 6) is -1.53. The summed E-state index contributed by atoms with van der Waals surface area (Å²) in [6.45, 7) is 3.57. The first kappa shape index (κ1) is 11.5. The Kier molecular flexibility index (Phi) is 2.79. The van der Waals surface area contributed by atoms with Crippen molar-refractivity contribution in [3.05, 3.63) is 40.8 Å². The molecule has 0 radical (unpaired) electrons. The van der Waals surface area contributed by atoms with Crippen LogP contribution in [0, 0.1) is 12.7 Å². The summed E-state index contributed by atoms with van der Waals surface area (Å²) in [6, 6.07) is 4.38. The molecule has 0 saturated heterocycles. The minimum absolute atomic E-state index is 0.125. The number of hydrogen-bond donors (Lipinski definition) is 1. The average molecular weight is 233 g/mol. The van der Waals surface area contributed by atoms with E-state index in [0.717, 1.165) is 0 Å². The normalized spacial score (nSPS) is 10.8. The number of carboxylic acid groups (broad SMARTS) is 1. The second-order valence-electron chi connectivity index (χ2n) is 3.85. The van der Waals surface area contributed by atoms with Crippen molar-refractivity contribution in [1.82, 2.24) is 4.98 Å². The van der Waals surface area contributed by atoms with Crippen LogP contribution in [0.3, 0.4) is 0 Å². The Morgan fingerprint density at radius 2 is 2.18 bits per heavy atom. The van der Waals surface area contributed by atoms with Gasteiger partial charge in [-0.3, -0.25) is 0 Å². The van der Waals surface area contributed by atoms with Crippen molar-refractivity contribution in [1.29, 1.82) is 0 Å². The molecule has 1 heterocycles. The topological polar surface area (TPSA) is 50.2 Å². The fraction of sp³-hybridized carbons (Fsp3) is 0.231. The van der Waals surface area contributed by atoms with Crippen LogP contribution in [0.1, 0.15) is 28.5 Å². The van der Waals surface area contributed by atoms with Gasteiger partial charge < -0.3 is 5.11 Å². The molecule has 1 aromatic heterocycles. The van der Waals surface area contributed by atoms with Gasteiger partial charge in [-0.1, -0.05) is 19.1 Å². The highest BCUT2D eigenvalue weighted by atomic mass is 19.1. The Morgan fingerprint density at radius 3 is 2.76 bits per heavy atom. The van der Waals surface area contributed by atoms with Gasteiger partial charge in [0.05, 0.1) is 5.56 Å². The van der Waals surface area contributed by atoms with E-state index >= 15 is 0 Å². The van der Waals surface area contributed by atoms with Crippen molar-refractivity contribution in [2.24, 2.45) is 0 Å². The van der Waals surface area contributed by atoms with E-state index in [-0.39, 0.29) is 11.1 Å². The summed E-state index contributed by atoms with van der Waals surface area (Å²) in [4.78, 5) is 15.5. The molecule has 0 aliphatic rings. The van der Waals surface area contributed by atoms with E-state index in [9.17, 15) is 14.3 Å². The lowest BCUT2D eigenvalue weighted by Gasteiger charge is -2.11.